The molecule has 2 aromatic rings. The Kier molecular flexibility index (Phi) is 4.03. The number of nitrogens with zero attached hydrogens (tertiary/aromatic N) is 1. The highest BCUT2D eigenvalue weighted by atomic mass is 19.1. The monoisotopic (exact) mass is 277 g/mol. The van der Waals surface area contributed by atoms with E-state index in [1.54, 1.807) is 6.07 Å². The van der Waals surface area contributed by atoms with Crippen LogP contribution in [0.5, 0.6) is 0 Å². The molecule has 3 rings (SSSR count). The van der Waals surface area contributed by atoms with Gasteiger partial charge in [0.25, 0.3) is 0 Å². The van der Waals surface area contributed by atoms with E-state index in [4.69, 9.17) is 9.52 Å². The Labute approximate surface area is 118 Å². The molecule has 0 saturated heterocycles. The summed E-state index contributed by atoms with van der Waals surface area (Å²) in [6.45, 7) is 2.01. The van der Waals surface area contributed by atoms with Gasteiger partial charge in [-0.3, -0.25) is 4.90 Å². The summed E-state index contributed by atoms with van der Waals surface area (Å²) in [6, 6.07) is 7.20. The molecule has 4 heteroatoms. The first kappa shape index (κ1) is 13.6. The van der Waals surface area contributed by atoms with Crippen LogP contribution in [0.2, 0.25) is 0 Å². The third-order valence-electron chi connectivity index (χ3n) is 3.81. The van der Waals surface area contributed by atoms with Crippen molar-refractivity contribution < 1.29 is 13.9 Å². The van der Waals surface area contributed by atoms with E-state index in [-0.39, 0.29) is 12.4 Å². The molecule has 20 heavy (non-hydrogen) atoms. The van der Waals surface area contributed by atoms with Gasteiger partial charge in [-0.2, -0.15) is 0 Å². The molecule has 1 N–H and O–H groups in total. The molecule has 0 spiro atoms. The first-order valence-electron chi connectivity index (χ1n) is 7.29. The minimum atomic E-state index is -0.230. The van der Waals surface area contributed by atoms with E-state index in [1.807, 2.05) is 6.07 Å². The lowest BCUT2D eigenvalue weighted by Gasteiger charge is -2.20. The van der Waals surface area contributed by atoms with E-state index in [0.717, 1.165) is 42.7 Å². The van der Waals surface area contributed by atoms with Crippen LogP contribution in [0.4, 0.5) is 4.39 Å². The number of aliphatic hydroxyl groups excluding tert-OH is 1. The van der Waals surface area contributed by atoms with Crippen molar-refractivity contribution in [3.8, 4) is 0 Å². The first-order valence-corrected chi connectivity index (χ1v) is 7.29. The first-order chi connectivity index (χ1) is 9.76. The zero-order valence-corrected chi connectivity index (χ0v) is 11.5. The number of furan rings is 1. The van der Waals surface area contributed by atoms with Gasteiger partial charge in [-0.05, 0) is 56.5 Å². The smallest absolute Gasteiger partial charge is 0.134 e. The predicted octanol–water partition coefficient (Wildman–Crippen LogP) is 3.31. The lowest BCUT2D eigenvalue weighted by Crippen LogP contribution is -2.26. The maximum absolute atomic E-state index is 13.2. The SMILES string of the molecule is OCCCCN(Cc1cc2cc(F)ccc2o1)C1CC1. The van der Waals surface area contributed by atoms with E-state index in [0.29, 0.717) is 6.04 Å². The van der Waals surface area contributed by atoms with Crippen molar-refractivity contribution in [3.05, 3.63) is 35.8 Å². The molecule has 1 saturated carbocycles. The summed E-state index contributed by atoms with van der Waals surface area (Å²) in [4.78, 5) is 2.41. The summed E-state index contributed by atoms with van der Waals surface area (Å²) in [7, 11) is 0. The van der Waals surface area contributed by atoms with E-state index in [1.165, 1.54) is 25.0 Å². The molecule has 1 aromatic carbocycles. The molecule has 1 aliphatic carbocycles. The average Bonchev–Trinajstić information content (AvgIpc) is 3.19. The summed E-state index contributed by atoms with van der Waals surface area (Å²) >= 11 is 0. The van der Waals surface area contributed by atoms with Crippen LogP contribution in [-0.4, -0.2) is 29.2 Å². The molecule has 0 aliphatic heterocycles. The molecule has 0 atom stereocenters. The van der Waals surface area contributed by atoms with Gasteiger partial charge in [0.2, 0.25) is 0 Å². The number of benzene rings is 1. The molecular weight excluding hydrogens is 257 g/mol. The van der Waals surface area contributed by atoms with Gasteiger partial charge in [0, 0.05) is 18.0 Å². The third-order valence-corrected chi connectivity index (χ3v) is 3.81. The summed E-state index contributed by atoms with van der Waals surface area (Å²) in [5.74, 6) is 0.661. The van der Waals surface area contributed by atoms with Crippen molar-refractivity contribution in [3.63, 3.8) is 0 Å². The summed E-state index contributed by atoms with van der Waals surface area (Å²) in [5, 5.41) is 9.70. The van der Waals surface area contributed by atoms with Crippen LogP contribution >= 0.6 is 0 Å². The Bertz CT molecular complexity index is 577. The Morgan fingerprint density at radius 3 is 2.85 bits per heavy atom. The van der Waals surface area contributed by atoms with Gasteiger partial charge in [-0.25, -0.2) is 4.39 Å². The molecule has 0 unspecified atom stereocenters. The van der Waals surface area contributed by atoms with Crippen molar-refractivity contribution in [2.45, 2.75) is 38.3 Å². The number of aliphatic hydroxyl groups is 1. The highest BCUT2D eigenvalue weighted by molar-refractivity contribution is 5.77. The fraction of sp³-hybridized carbons (Fsp3) is 0.500. The standard InChI is InChI=1S/C16H20FNO2/c17-13-3-6-16-12(9-13)10-15(20-16)11-18(14-4-5-14)7-1-2-8-19/h3,6,9-10,14,19H,1-2,4-5,7-8,11H2. The second kappa shape index (κ2) is 5.94. The van der Waals surface area contributed by atoms with E-state index >= 15 is 0 Å². The van der Waals surface area contributed by atoms with Crippen molar-refractivity contribution in [1.29, 1.82) is 0 Å². The average molecular weight is 277 g/mol. The van der Waals surface area contributed by atoms with Crippen molar-refractivity contribution in [2.24, 2.45) is 0 Å². The van der Waals surface area contributed by atoms with Gasteiger partial charge in [0.05, 0.1) is 6.54 Å². The number of unbranched alkanes of at least 4 members (excludes halogenated alkanes) is 1. The Morgan fingerprint density at radius 2 is 2.10 bits per heavy atom. The topological polar surface area (TPSA) is 36.6 Å². The van der Waals surface area contributed by atoms with Crippen LogP contribution in [0.15, 0.2) is 28.7 Å². The molecular formula is C16H20FNO2. The lowest BCUT2D eigenvalue weighted by atomic mass is 10.2. The van der Waals surface area contributed by atoms with Crippen LogP contribution < -0.4 is 0 Å². The number of hydrogen-bond acceptors (Lipinski definition) is 3. The number of hydrogen-bond donors (Lipinski definition) is 1. The highest BCUT2D eigenvalue weighted by Crippen LogP contribution is 2.30. The highest BCUT2D eigenvalue weighted by Gasteiger charge is 2.29. The lowest BCUT2D eigenvalue weighted by molar-refractivity contribution is 0.217. The minimum Gasteiger partial charge on any atom is -0.460 e. The minimum absolute atomic E-state index is 0.230. The van der Waals surface area contributed by atoms with Gasteiger partial charge in [-0.15, -0.1) is 0 Å². The number of rotatable bonds is 7. The second-order valence-corrected chi connectivity index (χ2v) is 5.53. The maximum Gasteiger partial charge on any atom is 0.134 e. The number of halogens is 1. The van der Waals surface area contributed by atoms with Crippen LogP contribution in [-0.2, 0) is 6.54 Å². The fourth-order valence-electron chi connectivity index (χ4n) is 2.60. The zero-order chi connectivity index (χ0) is 13.9. The maximum atomic E-state index is 13.2. The molecule has 1 fully saturated rings. The van der Waals surface area contributed by atoms with E-state index in [2.05, 4.69) is 4.90 Å². The van der Waals surface area contributed by atoms with E-state index in [9.17, 15) is 4.39 Å². The molecule has 0 amide bonds. The largest absolute Gasteiger partial charge is 0.460 e. The Balaban J connectivity index is 1.69. The summed E-state index contributed by atoms with van der Waals surface area (Å²) in [5.41, 5.74) is 0.743. The normalized spacial score (nSPS) is 15.3. The van der Waals surface area contributed by atoms with Crippen LogP contribution in [0.25, 0.3) is 11.0 Å². The molecule has 1 heterocycles. The van der Waals surface area contributed by atoms with Gasteiger partial charge in [0.15, 0.2) is 0 Å². The predicted molar refractivity (Wildman–Crippen MR) is 75.9 cm³/mol. The van der Waals surface area contributed by atoms with Gasteiger partial charge in [-0.1, -0.05) is 0 Å². The van der Waals surface area contributed by atoms with Crippen LogP contribution in [0, 0.1) is 5.82 Å². The Hall–Kier alpha value is -1.39. The fourth-order valence-corrected chi connectivity index (χ4v) is 2.60. The molecule has 0 radical (unpaired) electrons. The third kappa shape index (κ3) is 3.19. The van der Waals surface area contributed by atoms with Crippen molar-refractivity contribution in [2.75, 3.05) is 13.2 Å². The molecule has 3 nitrogen and oxygen atoms in total. The summed E-state index contributed by atoms with van der Waals surface area (Å²) in [6.07, 6.45) is 4.33. The Morgan fingerprint density at radius 1 is 1.25 bits per heavy atom. The quantitative estimate of drug-likeness (QED) is 0.789. The molecule has 0 bridgehead atoms. The number of fused-ring (bicyclic) bond motifs is 1. The van der Waals surface area contributed by atoms with E-state index < -0.39 is 0 Å². The molecule has 1 aromatic heterocycles. The van der Waals surface area contributed by atoms with Crippen LogP contribution in [0.3, 0.4) is 0 Å². The zero-order valence-electron chi connectivity index (χ0n) is 11.5. The van der Waals surface area contributed by atoms with Gasteiger partial charge < -0.3 is 9.52 Å². The van der Waals surface area contributed by atoms with Crippen molar-refractivity contribution >= 4 is 11.0 Å². The van der Waals surface area contributed by atoms with Crippen molar-refractivity contribution in [1.82, 2.24) is 4.90 Å². The molecule has 108 valence electrons. The van der Waals surface area contributed by atoms with Crippen LogP contribution in [0.1, 0.15) is 31.4 Å². The van der Waals surface area contributed by atoms with Gasteiger partial charge >= 0.3 is 0 Å². The summed E-state index contributed by atoms with van der Waals surface area (Å²) < 4.78 is 19.0. The van der Waals surface area contributed by atoms with Gasteiger partial charge in [0.1, 0.15) is 17.2 Å². The molecule has 1 aliphatic rings. The second-order valence-electron chi connectivity index (χ2n) is 5.53.